The van der Waals surface area contributed by atoms with Gasteiger partial charge in [-0.15, -0.1) is 11.3 Å². The highest BCUT2D eigenvalue weighted by molar-refractivity contribution is 7.91. The molecule has 0 N–H and O–H groups in total. The van der Waals surface area contributed by atoms with E-state index < -0.39 is 9.84 Å². The highest BCUT2D eigenvalue weighted by Crippen LogP contribution is 2.20. The SMILES string of the molecule is O=C(c1cccs1)N1CCN([C@@H]2CCS(=O)(=O)C2)CC1. The van der Waals surface area contributed by atoms with Crippen molar-refractivity contribution >= 4 is 27.1 Å². The Morgan fingerprint density at radius 1 is 1.25 bits per heavy atom. The molecular weight excluding hydrogens is 296 g/mol. The van der Waals surface area contributed by atoms with Crippen LogP contribution in [0.4, 0.5) is 0 Å². The molecule has 0 radical (unpaired) electrons. The summed E-state index contributed by atoms with van der Waals surface area (Å²) in [4.78, 5) is 17.1. The summed E-state index contributed by atoms with van der Waals surface area (Å²) in [6.45, 7) is 2.93. The van der Waals surface area contributed by atoms with E-state index in [1.807, 2.05) is 22.4 Å². The first kappa shape index (κ1) is 14.0. The summed E-state index contributed by atoms with van der Waals surface area (Å²) in [6.07, 6.45) is 0.737. The average molecular weight is 314 g/mol. The van der Waals surface area contributed by atoms with Gasteiger partial charge in [-0.2, -0.15) is 0 Å². The number of nitrogens with zero attached hydrogens (tertiary/aromatic N) is 2. The van der Waals surface area contributed by atoms with Crippen molar-refractivity contribution in [3.63, 3.8) is 0 Å². The van der Waals surface area contributed by atoms with Gasteiger partial charge in [0, 0.05) is 32.2 Å². The zero-order chi connectivity index (χ0) is 14.2. The van der Waals surface area contributed by atoms with Gasteiger partial charge in [0.15, 0.2) is 9.84 Å². The summed E-state index contributed by atoms with van der Waals surface area (Å²) in [7, 11) is -2.83. The summed E-state index contributed by atoms with van der Waals surface area (Å²) < 4.78 is 23.0. The second-order valence-corrected chi connectivity index (χ2v) is 8.54. The second-order valence-electron chi connectivity index (χ2n) is 5.36. The second kappa shape index (κ2) is 5.46. The van der Waals surface area contributed by atoms with Crippen molar-refractivity contribution in [1.82, 2.24) is 9.80 Å². The van der Waals surface area contributed by atoms with Crippen molar-refractivity contribution in [2.45, 2.75) is 12.5 Å². The minimum absolute atomic E-state index is 0.0960. The quantitative estimate of drug-likeness (QED) is 0.806. The Kier molecular flexibility index (Phi) is 3.83. The lowest BCUT2D eigenvalue weighted by atomic mass is 10.2. The van der Waals surface area contributed by atoms with E-state index in [0.717, 1.165) is 24.4 Å². The van der Waals surface area contributed by atoms with Gasteiger partial charge in [0.25, 0.3) is 5.91 Å². The topological polar surface area (TPSA) is 57.7 Å². The van der Waals surface area contributed by atoms with Crippen LogP contribution in [0.1, 0.15) is 16.1 Å². The molecule has 0 spiro atoms. The van der Waals surface area contributed by atoms with Crippen molar-refractivity contribution in [3.05, 3.63) is 22.4 Å². The van der Waals surface area contributed by atoms with E-state index in [1.54, 1.807) is 0 Å². The highest BCUT2D eigenvalue weighted by atomic mass is 32.2. The van der Waals surface area contributed by atoms with Crippen LogP contribution < -0.4 is 0 Å². The lowest BCUT2D eigenvalue weighted by molar-refractivity contribution is 0.0592. The molecule has 2 fully saturated rings. The minimum Gasteiger partial charge on any atom is -0.335 e. The first-order valence-corrected chi connectivity index (χ1v) is 9.52. The van der Waals surface area contributed by atoms with Gasteiger partial charge in [0.1, 0.15) is 0 Å². The molecule has 3 rings (SSSR count). The third-order valence-electron chi connectivity index (χ3n) is 4.06. The number of rotatable bonds is 2. The molecule has 2 saturated heterocycles. The molecule has 1 atom stereocenters. The molecule has 1 aromatic rings. The minimum atomic E-state index is -2.83. The van der Waals surface area contributed by atoms with E-state index in [0.29, 0.717) is 18.8 Å². The largest absolute Gasteiger partial charge is 0.335 e. The van der Waals surface area contributed by atoms with Crippen molar-refractivity contribution in [2.24, 2.45) is 0 Å². The third kappa shape index (κ3) is 2.89. The van der Waals surface area contributed by atoms with Crippen molar-refractivity contribution in [1.29, 1.82) is 0 Å². The molecule has 110 valence electrons. The normalized spacial score (nSPS) is 26.8. The molecule has 1 amide bonds. The van der Waals surface area contributed by atoms with E-state index in [2.05, 4.69) is 4.90 Å². The summed E-state index contributed by atoms with van der Waals surface area (Å²) in [5, 5.41) is 1.91. The zero-order valence-electron chi connectivity index (χ0n) is 11.2. The monoisotopic (exact) mass is 314 g/mol. The Morgan fingerprint density at radius 3 is 2.55 bits per heavy atom. The van der Waals surface area contributed by atoms with Gasteiger partial charge >= 0.3 is 0 Å². The molecule has 0 aliphatic carbocycles. The molecule has 2 aliphatic rings. The number of carbonyl (C=O) groups is 1. The van der Waals surface area contributed by atoms with Gasteiger partial charge in [0.05, 0.1) is 16.4 Å². The molecule has 20 heavy (non-hydrogen) atoms. The van der Waals surface area contributed by atoms with Gasteiger partial charge < -0.3 is 4.90 Å². The van der Waals surface area contributed by atoms with Gasteiger partial charge in [-0.05, 0) is 17.9 Å². The van der Waals surface area contributed by atoms with Crippen molar-refractivity contribution in [3.8, 4) is 0 Å². The predicted octanol–water partition coefficient (Wildman–Crippen LogP) is 0.693. The van der Waals surface area contributed by atoms with Crippen LogP contribution in [-0.2, 0) is 9.84 Å². The van der Waals surface area contributed by atoms with E-state index in [4.69, 9.17) is 0 Å². The fourth-order valence-corrected chi connectivity index (χ4v) is 5.36. The van der Waals surface area contributed by atoms with E-state index in [-0.39, 0.29) is 17.7 Å². The molecule has 1 aromatic heterocycles. The molecule has 0 saturated carbocycles. The lowest BCUT2D eigenvalue weighted by Crippen LogP contribution is -2.52. The zero-order valence-corrected chi connectivity index (χ0v) is 12.8. The summed E-state index contributed by atoms with van der Waals surface area (Å²) in [5.74, 6) is 0.691. The third-order valence-corrected chi connectivity index (χ3v) is 6.67. The number of hydrogen-bond donors (Lipinski definition) is 0. The number of carbonyl (C=O) groups excluding carboxylic acids is 1. The summed E-state index contributed by atoms with van der Waals surface area (Å²) in [5.41, 5.74) is 0. The fraction of sp³-hybridized carbons (Fsp3) is 0.615. The van der Waals surface area contributed by atoms with Gasteiger partial charge in [-0.25, -0.2) is 8.42 Å². The Hall–Kier alpha value is -0.920. The smallest absolute Gasteiger partial charge is 0.264 e. The van der Waals surface area contributed by atoms with Crippen LogP contribution in [-0.4, -0.2) is 67.9 Å². The number of sulfone groups is 1. The number of piperazine rings is 1. The highest BCUT2D eigenvalue weighted by Gasteiger charge is 2.34. The molecule has 5 nitrogen and oxygen atoms in total. The van der Waals surface area contributed by atoms with E-state index >= 15 is 0 Å². The Labute approximate surface area is 123 Å². The predicted molar refractivity (Wildman–Crippen MR) is 78.9 cm³/mol. The number of hydrogen-bond acceptors (Lipinski definition) is 5. The average Bonchev–Trinajstić information content (AvgIpc) is 3.07. The summed E-state index contributed by atoms with van der Waals surface area (Å²) >= 11 is 1.47. The molecule has 7 heteroatoms. The fourth-order valence-electron chi connectivity index (χ4n) is 2.91. The van der Waals surface area contributed by atoms with Crippen LogP contribution in [0.15, 0.2) is 17.5 Å². The van der Waals surface area contributed by atoms with Crippen LogP contribution in [0.25, 0.3) is 0 Å². The van der Waals surface area contributed by atoms with Crippen LogP contribution in [0.3, 0.4) is 0 Å². The lowest BCUT2D eigenvalue weighted by Gasteiger charge is -2.37. The first-order chi connectivity index (χ1) is 9.55. The summed E-state index contributed by atoms with van der Waals surface area (Å²) in [6, 6.07) is 3.89. The van der Waals surface area contributed by atoms with Crippen molar-refractivity contribution < 1.29 is 13.2 Å². The van der Waals surface area contributed by atoms with Crippen LogP contribution >= 0.6 is 11.3 Å². The number of amides is 1. The maximum absolute atomic E-state index is 12.2. The van der Waals surface area contributed by atoms with Crippen LogP contribution in [0.5, 0.6) is 0 Å². The van der Waals surface area contributed by atoms with Gasteiger partial charge in [-0.3, -0.25) is 9.69 Å². The number of thiophene rings is 1. The Balaban J connectivity index is 1.56. The molecular formula is C13H18N2O3S2. The van der Waals surface area contributed by atoms with Crippen LogP contribution in [0, 0.1) is 0 Å². The molecule has 2 aliphatic heterocycles. The van der Waals surface area contributed by atoms with Gasteiger partial charge in [0.2, 0.25) is 0 Å². The molecule has 0 bridgehead atoms. The maximum atomic E-state index is 12.2. The Bertz CT molecular complexity index is 575. The standard InChI is InChI=1S/C13H18N2O3S2/c16-13(12-2-1-8-19-12)15-6-4-14(5-7-15)11-3-9-20(17,18)10-11/h1-2,8,11H,3-7,9-10H2/t11-/m1/s1. The maximum Gasteiger partial charge on any atom is 0.264 e. The molecule has 0 aromatic carbocycles. The van der Waals surface area contributed by atoms with Crippen LogP contribution in [0.2, 0.25) is 0 Å². The first-order valence-electron chi connectivity index (χ1n) is 6.82. The van der Waals surface area contributed by atoms with Gasteiger partial charge in [-0.1, -0.05) is 6.07 Å². The van der Waals surface area contributed by atoms with E-state index in [9.17, 15) is 13.2 Å². The Morgan fingerprint density at radius 2 is 2.00 bits per heavy atom. The molecule has 0 unspecified atom stereocenters. The molecule has 3 heterocycles. The van der Waals surface area contributed by atoms with E-state index in [1.165, 1.54) is 11.3 Å². The van der Waals surface area contributed by atoms with Crippen molar-refractivity contribution in [2.75, 3.05) is 37.7 Å².